The van der Waals surface area contributed by atoms with E-state index in [-0.39, 0.29) is 17.6 Å². The molecule has 9 heteroatoms. The number of hydrogen-bond acceptors (Lipinski definition) is 5. The van der Waals surface area contributed by atoms with Crippen molar-refractivity contribution in [2.24, 2.45) is 0 Å². The molecule has 0 saturated carbocycles. The van der Waals surface area contributed by atoms with Crippen molar-refractivity contribution in [2.45, 2.75) is 32.2 Å². The summed E-state index contributed by atoms with van der Waals surface area (Å²) in [6, 6.07) is 5.00. The van der Waals surface area contributed by atoms with Gasteiger partial charge in [-0.2, -0.15) is 0 Å². The number of benzene rings is 1. The second kappa shape index (κ2) is 8.96. The molecule has 3 N–H and O–H groups in total. The number of hydrogen-bond donors (Lipinski definition) is 3. The molecule has 2 heterocycles. The van der Waals surface area contributed by atoms with Crippen LogP contribution in [0.5, 0.6) is 0 Å². The predicted octanol–water partition coefficient (Wildman–Crippen LogP) is 2.25. The monoisotopic (exact) mass is 390 g/mol. The molecule has 3 rings (SSSR count). The third kappa shape index (κ3) is 4.84. The van der Waals surface area contributed by atoms with Gasteiger partial charge in [-0.1, -0.05) is 23.7 Å². The van der Waals surface area contributed by atoms with E-state index in [1.54, 1.807) is 29.1 Å². The molecule has 2 aromatic rings. The molecule has 1 fully saturated rings. The van der Waals surface area contributed by atoms with E-state index in [0.29, 0.717) is 22.8 Å². The number of carbonyl (C=O) groups excluding carboxylic acids is 2. The van der Waals surface area contributed by atoms with Gasteiger partial charge in [0.15, 0.2) is 5.69 Å². The van der Waals surface area contributed by atoms with Crippen LogP contribution in [0.1, 0.15) is 53.1 Å². The molecular weight excluding hydrogens is 368 g/mol. The number of halogens is 1. The Kier molecular flexibility index (Phi) is 6.41. The van der Waals surface area contributed by atoms with Gasteiger partial charge in [-0.25, -0.2) is 4.68 Å². The fraction of sp³-hybridized carbons (Fsp3) is 0.444. The highest BCUT2D eigenvalue weighted by Gasteiger charge is 2.20. The maximum absolute atomic E-state index is 12.6. The lowest BCUT2D eigenvalue weighted by atomic mass is 10.1. The zero-order valence-electron chi connectivity index (χ0n) is 15.2. The SMILES string of the molecule is CCCNC(=O)c1ccc(Cl)cc1NC(=O)c1cn(C2CCNCC2)nn1. The van der Waals surface area contributed by atoms with Crippen LogP contribution < -0.4 is 16.0 Å². The van der Waals surface area contributed by atoms with Gasteiger partial charge in [0.2, 0.25) is 0 Å². The first-order chi connectivity index (χ1) is 13.1. The summed E-state index contributed by atoms with van der Waals surface area (Å²) in [4.78, 5) is 24.9. The normalized spacial score (nSPS) is 14.7. The molecule has 0 radical (unpaired) electrons. The fourth-order valence-corrected chi connectivity index (χ4v) is 3.14. The van der Waals surface area contributed by atoms with Crippen LogP contribution in [0.3, 0.4) is 0 Å². The Morgan fingerprint density at radius 1 is 1.30 bits per heavy atom. The number of anilines is 1. The molecule has 8 nitrogen and oxygen atoms in total. The number of nitrogens with one attached hydrogen (secondary N) is 3. The van der Waals surface area contributed by atoms with Gasteiger partial charge in [-0.05, 0) is 50.6 Å². The molecule has 0 unspecified atom stereocenters. The van der Waals surface area contributed by atoms with E-state index in [1.807, 2.05) is 6.92 Å². The van der Waals surface area contributed by atoms with Crippen molar-refractivity contribution < 1.29 is 9.59 Å². The van der Waals surface area contributed by atoms with E-state index in [9.17, 15) is 9.59 Å². The summed E-state index contributed by atoms with van der Waals surface area (Å²) >= 11 is 6.04. The summed E-state index contributed by atoms with van der Waals surface area (Å²) in [7, 11) is 0. The summed E-state index contributed by atoms with van der Waals surface area (Å²) in [6.07, 6.45) is 4.36. The molecule has 1 aromatic heterocycles. The molecule has 0 atom stereocenters. The minimum atomic E-state index is -0.429. The summed E-state index contributed by atoms with van der Waals surface area (Å²) in [5.41, 5.74) is 0.901. The van der Waals surface area contributed by atoms with E-state index in [1.165, 1.54) is 0 Å². The van der Waals surface area contributed by atoms with Crippen molar-refractivity contribution in [3.05, 3.63) is 40.7 Å². The molecular formula is C18H23ClN6O2. The van der Waals surface area contributed by atoms with Crippen LogP contribution in [0.25, 0.3) is 0 Å². The van der Waals surface area contributed by atoms with Crippen LogP contribution in [0, 0.1) is 0 Å². The lowest BCUT2D eigenvalue weighted by Gasteiger charge is -2.22. The van der Waals surface area contributed by atoms with Gasteiger partial charge in [0.05, 0.1) is 23.5 Å². The second-order valence-corrected chi connectivity index (χ2v) is 6.90. The van der Waals surface area contributed by atoms with Crippen molar-refractivity contribution in [1.29, 1.82) is 0 Å². The van der Waals surface area contributed by atoms with Crippen LogP contribution >= 0.6 is 11.6 Å². The van der Waals surface area contributed by atoms with Gasteiger partial charge in [-0.15, -0.1) is 5.10 Å². The van der Waals surface area contributed by atoms with E-state index >= 15 is 0 Å². The average molecular weight is 391 g/mol. The lowest BCUT2D eigenvalue weighted by molar-refractivity contribution is 0.0954. The first kappa shape index (κ1) is 19.3. The smallest absolute Gasteiger partial charge is 0.277 e. The zero-order chi connectivity index (χ0) is 19.2. The highest BCUT2D eigenvalue weighted by Crippen LogP contribution is 2.22. The van der Waals surface area contributed by atoms with Crippen LogP contribution in [-0.2, 0) is 0 Å². The Labute approximate surface area is 162 Å². The summed E-state index contributed by atoms with van der Waals surface area (Å²) < 4.78 is 1.74. The standard InChI is InChI=1S/C18H23ClN6O2/c1-2-7-21-17(26)14-4-3-12(19)10-15(14)22-18(27)16-11-25(24-23-16)13-5-8-20-9-6-13/h3-4,10-11,13,20H,2,5-9H2,1H3,(H,21,26)(H,22,27). The molecule has 144 valence electrons. The van der Waals surface area contributed by atoms with E-state index in [4.69, 9.17) is 11.6 Å². The number of aromatic nitrogens is 3. The summed E-state index contributed by atoms with van der Waals surface area (Å²) in [5.74, 6) is -0.691. The predicted molar refractivity (Wildman–Crippen MR) is 103 cm³/mol. The molecule has 0 spiro atoms. The molecule has 1 aromatic carbocycles. The molecule has 27 heavy (non-hydrogen) atoms. The topological polar surface area (TPSA) is 101 Å². The number of amides is 2. The third-order valence-corrected chi connectivity index (χ3v) is 4.67. The van der Waals surface area contributed by atoms with Crippen LogP contribution in [0.15, 0.2) is 24.4 Å². The van der Waals surface area contributed by atoms with Gasteiger partial charge >= 0.3 is 0 Å². The van der Waals surface area contributed by atoms with Gasteiger partial charge in [0.1, 0.15) is 0 Å². The summed E-state index contributed by atoms with van der Waals surface area (Å²) in [6.45, 7) is 4.37. The molecule has 0 bridgehead atoms. The summed E-state index contributed by atoms with van der Waals surface area (Å²) in [5, 5.41) is 17.3. The van der Waals surface area contributed by atoms with Crippen LogP contribution in [-0.4, -0.2) is 46.4 Å². The van der Waals surface area contributed by atoms with E-state index < -0.39 is 5.91 Å². The van der Waals surface area contributed by atoms with E-state index in [2.05, 4.69) is 26.3 Å². The lowest BCUT2D eigenvalue weighted by Crippen LogP contribution is -2.29. The third-order valence-electron chi connectivity index (χ3n) is 4.44. The number of carbonyl (C=O) groups is 2. The second-order valence-electron chi connectivity index (χ2n) is 6.46. The van der Waals surface area contributed by atoms with Gasteiger partial charge in [0, 0.05) is 11.6 Å². The molecule has 1 saturated heterocycles. The molecule has 1 aliphatic heterocycles. The highest BCUT2D eigenvalue weighted by atomic mass is 35.5. The Morgan fingerprint density at radius 2 is 2.07 bits per heavy atom. The minimum Gasteiger partial charge on any atom is -0.352 e. The maximum atomic E-state index is 12.6. The number of nitrogens with zero attached hydrogens (tertiary/aromatic N) is 3. The zero-order valence-corrected chi connectivity index (χ0v) is 15.9. The quantitative estimate of drug-likeness (QED) is 0.702. The van der Waals surface area contributed by atoms with Gasteiger partial charge in [0.25, 0.3) is 11.8 Å². The van der Waals surface area contributed by atoms with Crippen molar-refractivity contribution >= 4 is 29.1 Å². The van der Waals surface area contributed by atoms with Crippen molar-refractivity contribution in [3.63, 3.8) is 0 Å². The Hall–Kier alpha value is -2.45. The highest BCUT2D eigenvalue weighted by molar-refractivity contribution is 6.31. The molecule has 2 amide bonds. The molecule has 1 aliphatic rings. The minimum absolute atomic E-state index is 0.202. The van der Waals surface area contributed by atoms with Crippen LogP contribution in [0.4, 0.5) is 5.69 Å². The first-order valence-corrected chi connectivity index (χ1v) is 9.48. The van der Waals surface area contributed by atoms with Gasteiger partial charge < -0.3 is 16.0 Å². The average Bonchev–Trinajstić information content (AvgIpc) is 3.17. The number of piperidine rings is 1. The Bertz CT molecular complexity index is 816. The Morgan fingerprint density at radius 3 is 2.81 bits per heavy atom. The van der Waals surface area contributed by atoms with Crippen LogP contribution in [0.2, 0.25) is 5.02 Å². The van der Waals surface area contributed by atoms with Crippen molar-refractivity contribution in [3.8, 4) is 0 Å². The first-order valence-electron chi connectivity index (χ1n) is 9.10. The Balaban J connectivity index is 1.74. The fourth-order valence-electron chi connectivity index (χ4n) is 2.97. The molecule has 0 aliphatic carbocycles. The van der Waals surface area contributed by atoms with E-state index in [0.717, 1.165) is 32.4 Å². The maximum Gasteiger partial charge on any atom is 0.277 e. The number of rotatable bonds is 6. The van der Waals surface area contributed by atoms with Crippen molar-refractivity contribution in [1.82, 2.24) is 25.6 Å². The largest absolute Gasteiger partial charge is 0.352 e. The van der Waals surface area contributed by atoms with Gasteiger partial charge in [-0.3, -0.25) is 9.59 Å². The van der Waals surface area contributed by atoms with Crippen molar-refractivity contribution in [2.75, 3.05) is 25.0 Å².